The molecular formula is C15H27N5O. The van der Waals surface area contributed by atoms with E-state index in [-0.39, 0.29) is 11.9 Å². The summed E-state index contributed by atoms with van der Waals surface area (Å²) >= 11 is 0. The van der Waals surface area contributed by atoms with Crippen molar-refractivity contribution in [3.8, 4) is 0 Å². The second-order valence-corrected chi connectivity index (χ2v) is 5.10. The first-order chi connectivity index (χ1) is 10.1. The average Bonchev–Trinajstić information content (AvgIpc) is 2.51. The van der Waals surface area contributed by atoms with Gasteiger partial charge in [-0.15, -0.1) is 10.2 Å². The Kier molecular flexibility index (Phi) is 7.68. The van der Waals surface area contributed by atoms with Gasteiger partial charge in [0.1, 0.15) is 5.82 Å². The van der Waals surface area contributed by atoms with Crippen molar-refractivity contribution in [2.45, 2.75) is 39.7 Å². The number of hydrogen-bond donors (Lipinski definition) is 2. The van der Waals surface area contributed by atoms with Crippen LogP contribution in [0.3, 0.4) is 0 Å². The van der Waals surface area contributed by atoms with Gasteiger partial charge in [-0.2, -0.15) is 0 Å². The van der Waals surface area contributed by atoms with E-state index in [0.717, 1.165) is 32.5 Å². The molecule has 0 bridgehead atoms. The number of anilines is 1. The van der Waals surface area contributed by atoms with Gasteiger partial charge in [-0.25, -0.2) is 0 Å². The predicted molar refractivity (Wildman–Crippen MR) is 85.5 cm³/mol. The summed E-state index contributed by atoms with van der Waals surface area (Å²) in [7, 11) is 1.77. The van der Waals surface area contributed by atoms with Gasteiger partial charge in [0.05, 0.1) is 0 Å². The molecule has 1 atom stereocenters. The summed E-state index contributed by atoms with van der Waals surface area (Å²) in [6.07, 6.45) is 2.04. The zero-order valence-corrected chi connectivity index (χ0v) is 13.5. The lowest BCUT2D eigenvalue weighted by Crippen LogP contribution is -2.34. The first-order valence-corrected chi connectivity index (χ1v) is 7.65. The molecule has 1 unspecified atom stereocenters. The van der Waals surface area contributed by atoms with Gasteiger partial charge in [0.2, 0.25) is 0 Å². The van der Waals surface area contributed by atoms with Crippen LogP contribution in [-0.2, 0) is 0 Å². The molecule has 0 fully saturated rings. The maximum absolute atomic E-state index is 12.0. The number of nitrogens with zero attached hydrogens (tertiary/aromatic N) is 3. The van der Waals surface area contributed by atoms with Crippen molar-refractivity contribution in [3.63, 3.8) is 0 Å². The van der Waals surface area contributed by atoms with Crippen LogP contribution in [0.1, 0.15) is 44.1 Å². The zero-order valence-electron chi connectivity index (χ0n) is 13.5. The van der Waals surface area contributed by atoms with E-state index in [0.29, 0.717) is 11.5 Å². The third kappa shape index (κ3) is 6.08. The lowest BCUT2D eigenvalue weighted by Gasteiger charge is -2.19. The summed E-state index contributed by atoms with van der Waals surface area (Å²) in [5, 5.41) is 13.6. The van der Waals surface area contributed by atoms with E-state index in [1.54, 1.807) is 19.2 Å². The van der Waals surface area contributed by atoms with Crippen LogP contribution >= 0.6 is 0 Å². The van der Waals surface area contributed by atoms with Crippen LogP contribution in [0, 0.1) is 0 Å². The molecule has 1 rings (SSSR count). The van der Waals surface area contributed by atoms with Crippen molar-refractivity contribution in [2.75, 3.05) is 32.0 Å². The van der Waals surface area contributed by atoms with E-state index in [1.807, 2.05) is 6.92 Å². The van der Waals surface area contributed by atoms with Gasteiger partial charge < -0.3 is 15.5 Å². The molecule has 1 amide bonds. The Labute approximate surface area is 127 Å². The van der Waals surface area contributed by atoms with Gasteiger partial charge in [0.25, 0.3) is 5.91 Å². The van der Waals surface area contributed by atoms with E-state index < -0.39 is 0 Å². The van der Waals surface area contributed by atoms with Crippen LogP contribution in [0.2, 0.25) is 0 Å². The molecule has 0 aliphatic heterocycles. The summed E-state index contributed by atoms with van der Waals surface area (Å²) in [4.78, 5) is 14.4. The second-order valence-electron chi connectivity index (χ2n) is 5.10. The summed E-state index contributed by atoms with van der Waals surface area (Å²) in [6, 6.07) is 3.56. The highest BCUT2D eigenvalue weighted by molar-refractivity contribution is 5.92. The van der Waals surface area contributed by atoms with Gasteiger partial charge in [0.15, 0.2) is 5.69 Å². The molecule has 6 heteroatoms. The normalized spacial score (nSPS) is 12.2. The highest BCUT2D eigenvalue weighted by Crippen LogP contribution is 2.03. The number of carbonyl (C=O) groups is 1. The molecule has 0 spiro atoms. The predicted octanol–water partition coefficient (Wildman–Crippen LogP) is 1.76. The Morgan fingerprint density at radius 1 is 1.29 bits per heavy atom. The minimum atomic E-state index is -0.166. The SMILES string of the molecule is CCN(CC)CCCC(C)NC(=O)c1ccc(NC)nn1. The number of aromatic nitrogens is 2. The van der Waals surface area contributed by atoms with E-state index >= 15 is 0 Å². The molecule has 1 aromatic rings. The van der Waals surface area contributed by atoms with Crippen LogP contribution in [0.15, 0.2) is 12.1 Å². The van der Waals surface area contributed by atoms with Gasteiger partial charge in [-0.1, -0.05) is 13.8 Å². The minimum Gasteiger partial charge on any atom is -0.372 e. The van der Waals surface area contributed by atoms with Crippen LogP contribution in [-0.4, -0.2) is 53.7 Å². The second kappa shape index (κ2) is 9.28. The molecule has 0 saturated carbocycles. The monoisotopic (exact) mass is 293 g/mol. The molecule has 0 aliphatic rings. The lowest BCUT2D eigenvalue weighted by atomic mass is 10.1. The Hall–Kier alpha value is -1.69. The standard InChI is InChI=1S/C15H27N5O/c1-5-20(6-2)11-7-8-12(3)17-15(21)13-9-10-14(16-4)19-18-13/h9-10,12H,5-8,11H2,1-4H3,(H,16,19)(H,17,21). The largest absolute Gasteiger partial charge is 0.372 e. The molecule has 0 aromatic carbocycles. The van der Waals surface area contributed by atoms with Crippen LogP contribution < -0.4 is 10.6 Å². The molecule has 21 heavy (non-hydrogen) atoms. The molecular weight excluding hydrogens is 266 g/mol. The lowest BCUT2D eigenvalue weighted by molar-refractivity contribution is 0.0931. The average molecular weight is 293 g/mol. The van der Waals surface area contributed by atoms with Gasteiger partial charge in [0, 0.05) is 13.1 Å². The minimum absolute atomic E-state index is 0.138. The number of rotatable bonds is 9. The Balaban J connectivity index is 2.35. The van der Waals surface area contributed by atoms with Crippen molar-refractivity contribution >= 4 is 11.7 Å². The molecule has 0 radical (unpaired) electrons. The molecule has 2 N–H and O–H groups in total. The first kappa shape index (κ1) is 17.4. The third-order valence-corrected chi connectivity index (χ3v) is 3.54. The van der Waals surface area contributed by atoms with E-state index in [1.165, 1.54) is 0 Å². The van der Waals surface area contributed by atoms with Crippen molar-refractivity contribution in [1.29, 1.82) is 0 Å². The molecule has 0 aliphatic carbocycles. The first-order valence-electron chi connectivity index (χ1n) is 7.65. The van der Waals surface area contributed by atoms with Crippen molar-refractivity contribution in [3.05, 3.63) is 17.8 Å². The zero-order chi connectivity index (χ0) is 15.7. The number of hydrogen-bond acceptors (Lipinski definition) is 5. The van der Waals surface area contributed by atoms with E-state index in [2.05, 4.69) is 39.6 Å². The highest BCUT2D eigenvalue weighted by atomic mass is 16.2. The summed E-state index contributed by atoms with van der Waals surface area (Å²) in [5.41, 5.74) is 0.351. The number of nitrogens with one attached hydrogen (secondary N) is 2. The number of carbonyl (C=O) groups excluding carboxylic acids is 1. The van der Waals surface area contributed by atoms with Crippen molar-refractivity contribution < 1.29 is 4.79 Å². The highest BCUT2D eigenvalue weighted by Gasteiger charge is 2.11. The Morgan fingerprint density at radius 3 is 2.52 bits per heavy atom. The summed E-state index contributed by atoms with van der Waals surface area (Å²) in [5.74, 6) is 0.485. The smallest absolute Gasteiger partial charge is 0.272 e. The maximum Gasteiger partial charge on any atom is 0.272 e. The molecule has 0 saturated heterocycles. The molecule has 1 aromatic heterocycles. The van der Waals surface area contributed by atoms with Gasteiger partial charge >= 0.3 is 0 Å². The number of amides is 1. The molecule has 1 heterocycles. The molecule has 118 valence electrons. The Bertz CT molecular complexity index is 417. The maximum atomic E-state index is 12.0. The molecule has 6 nitrogen and oxygen atoms in total. The van der Waals surface area contributed by atoms with Gasteiger partial charge in [-0.05, 0) is 51.5 Å². The topological polar surface area (TPSA) is 70.2 Å². The van der Waals surface area contributed by atoms with Crippen molar-refractivity contribution in [2.24, 2.45) is 0 Å². The fraction of sp³-hybridized carbons (Fsp3) is 0.667. The van der Waals surface area contributed by atoms with Crippen molar-refractivity contribution in [1.82, 2.24) is 20.4 Å². The summed E-state index contributed by atoms with van der Waals surface area (Å²) in [6.45, 7) is 9.58. The van der Waals surface area contributed by atoms with Gasteiger partial charge in [-0.3, -0.25) is 4.79 Å². The quantitative estimate of drug-likeness (QED) is 0.726. The van der Waals surface area contributed by atoms with Crippen LogP contribution in [0.5, 0.6) is 0 Å². The fourth-order valence-electron chi connectivity index (χ4n) is 2.12. The van der Waals surface area contributed by atoms with Crippen LogP contribution in [0.4, 0.5) is 5.82 Å². The fourth-order valence-corrected chi connectivity index (χ4v) is 2.12. The van der Waals surface area contributed by atoms with Crippen LogP contribution in [0.25, 0.3) is 0 Å². The van der Waals surface area contributed by atoms with E-state index in [9.17, 15) is 4.79 Å². The third-order valence-electron chi connectivity index (χ3n) is 3.54. The summed E-state index contributed by atoms with van der Waals surface area (Å²) < 4.78 is 0. The Morgan fingerprint density at radius 2 is 2.00 bits per heavy atom. The van der Waals surface area contributed by atoms with E-state index in [4.69, 9.17) is 0 Å².